The van der Waals surface area contributed by atoms with E-state index in [1.54, 1.807) is 24.3 Å². The Kier molecular flexibility index (Phi) is 15.9. The number of imidazole rings is 3. The number of aliphatic hydroxyl groups is 2. The summed E-state index contributed by atoms with van der Waals surface area (Å²) < 4.78 is 106. The van der Waals surface area contributed by atoms with E-state index in [-0.39, 0.29) is 75.7 Å². The lowest BCUT2D eigenvalue weighted by Gasteiger charge is -2.26. The minimum atomic E-state index is -6.09. The van der Waals surface area contributed by atoms with Gasteiger partial charge in [-0.2, -0.15) is 14.3 Å². The number of nitrogen functional groups attached to an aromatic ring is 3. The van der Waals surface area contributed by atoms with Gasteiger partial charge in [-0.1, -0.05) is 23.7 Å². The summed E-state index contributed by atoms with van der Waals surface area (Å²) in [5.41, 5.74) is 15.9. The van der Waals surface area contributed by atoms with Gasteiger partial charge < -0.3 is 70.5 Å². The van der Waals surface area contributed by atoms with Crippen LogP contribution in [-0.2, 0) is 61.2 Å². The Bertz CT molecular complexity index is 4000. The zero-order chi connectivity index (χ0) is 57.9. The molecule has 0 bridgehead atoms. The van der Waals surface area contributed by atoms with Crippen molar-refractivity contribution in [1.82, 2.24) is 58.6 Å². The summed E-state index contributed by atoms with van der Waals surface area (Å²) in [6, 6.07) is 10.9. The van der Waals surface area contributed by atoms with E-state index >= 15 is 0 Å². The lowest BCUT2D eigenvalue weighted by atomic mass is 10.1. The summed E-state index contributed by atoms with van der Waals surface area (Å²) in [7, 11) is -21.8. The molecule has 36 nitrogen and oxygen atoms in total. The van der Waals surface area contributed by atoms with E-state index in [4.69, 9.17) is 61.3 Å². The number of anilines is 3. The maximum Gasteiger partial charge on any atom is 0.488 e. The number of H-pyrrole nitrogens is 2. The first-order valence-corrected chi connectivity index (χ1v) is 29.6. The van der Waals surface area contributed by atoms with Crippen molar-refractivity contribution in [2.75, 3.05) is 44.1 Å². The molecular weight excluding hydrogens is 1190 g/mol. The number of phosphoric ester groups is 2. The summed E-state index contributed by atoms with van der Waals surface area (Å²) in [5.74, 6) is -0.0420. The Morgan fingerprint density at radius 2 is 1.35 bits per heavy atom. The Balaban J connectivity index is 0.828. The van der Waals surface area contributed by atoms with Crippen molar-refractivity contribution >= 4 is 99.2 Å². The predicted molar refractivity (Wildman–Crippen MR) is 276 cm³/mol. The van der Waals surface area contributed by atoms with E-state index in [9.17, 15) is 57.6 Å². The van der Waals surface area contributed by atoms with E-state index in [0.717, 1.165) is 36.5 Å². The van der Waals surface area contributed by atoms with E-state index in [2.05, 4.69) is 53.5 Å². The molecule has 2 fully saturated rings. The Labute approximate surface area is 455 Å². The Hall–Kier alpha value is -6.46. The van der Waals surface area contributed by atoms with Crippen LogP contribution >= 0.6 is 42.7 Å². The average Bonchev–Trinajstić information content (AvgIpc) is 4.44. The van der Waals surface area contributed by atoms with Gasteiger partial charge in [0.05, 0.1) is 37.7 Å². The number of phosphoric acid groups is 3. The van der Waals surface area contributed by atoms with Gasteiger partial charge in [0, 0.05) is 17.7 Å². The number of methoxy groups -OCH3 is 1. The summed E-state index contributed by atoms with van der Waals surface area (Å²) >= 11 is 5.97. The first-order valence-electron chi connectivity index (χ1n) is 23.1. The van der Waals surface area contributed by atoms with Crippen LogP contribution in [0, 0.1) is 0 Å². The zero-order valence-corrected chi connectivity index (χ0v) is 45.3. The lowest BCUT2D eigenvalue weighted by molar-refractivity contribution is -0.0581. The molecule has 0 saturated carbocycles. The molecule has 432 valence electrons. The number of nitrogens with zero attached hydrogens (tertiary/aromatic N) is 10. The van der Waals surface area contributed by atoms with Crippen LogP contribution in [0.4, 0.5) is 17.7 Å². The van der Waals surface area contributed by atoms with Crippen LogP contribution in [0.25, 0.3) is 44.9 Å². The molecule has 6 aromatic heterocycles. The molecule has 10 rings (SSSR count). The minimum Gasteiger partial charge on any atom is -0.492 e. The second-order valence-corrected chi connectivity index (χ2v) is 24.3. The molecule has 81 heavy (non-hydrogen) atoms. The van der Waals surface area contributed by atoms with E-state index < -0.39 is 110 Å². The number of nitrogens with two attached hydrogens (primary N) is 3. The van der Waals surface area contributed by atoms with Crippen LogP contribution in [-0.4, -0.2) is 152 Å². The van der Waals surface area contributed by atoms with Crippen molar-refractivity contribution in [3.8, 4) is 17.1 Å². The molecule has 14 N–H and O–H groups in total. The number of hydrogen-bond donors (Lipinski definition) is 11. The first kappa shape index (κ1) is 57.8. The molecule has 2 aromatic carbocycles. The minimum absolute atomic E-state index is 0.000876. The third-order valence-corrected chi connectivity index (χ3v) is 18.3. The number of aromatic nitrogens is 12. The molecule has 0 aliphatic carbocycles. The van der Waals surface area contributed by atoms with Crippen molar-refractivity contribution in [1.29, 1.82) is 0 Å². The largest absolute Gasteiger partial charge is 0.492 e. The van der Waals surface area contributed by atoms with Crippen LogP contribution in [0.3, 0.4) is 0 Å². The number of halogens is 1. The van der Waals surface area contributed by atoms with Gasteiger partial charge in [0.1, 0.15) is 66.6 Å². The number of ether oxygens (including phenoxy) is 4. The molecule has 2 aliphatic heterocycles. The summed E-state index contributed by atoms with van der Waals surface area (Å²) in [6.45, 7) is -2.16. The normalized spacial score (nSPS) is 24.3. The van der Waals surface area contributed by atoms with Gasteiger partial charge in [0.15, 0.2) is 46.2 Å². The van der Waals surface area contributed by atoms with Crippen LogP contribution in [0.15, 0.2) is 77.1 Å². The van der Waals surface area contributed by atoms with Crippen molar-refractivity contribution in [2.24, 2.45) is 0 Å². The van der Waals surface area contributed by atoms with Crippen LogP contribution in [0.5, 0.6) is 5.75 Å². The number of benzene rings is 2. The number of hydrogen-bond acceptors (Lipinski definition) is 27. The smallest absolute Gasteiger partial charge is 0.488 e. The molecule has 41 heteroatoms. The van der Waals surface area contributed by atoms with E-state index in [1.807, 2.05) is 0 Å². The number of aromatic amines is 2. The van der Waals surface area contributed by atoms with Gasteiger partial charge in [-0.3, -0.25) is 46.8 Å². The molecule has 0 spiro atoms. The monoisotopic (exact) mass is 1230 g/mol. The van der Waals surface area contributed by atoms with Crippen molar-refractivity contribution in [3.63, 3.8) is 0 Å². The van der Waals surface area contributed by atoms with Crippen molar-refractivity contribution < 1.29 is 89.2 Å². The number of nitrogens with one attached hydrogen (secondary N) is 2. The highest BCUT2D eigenvalue weighted by atomic mass is 35.5. The topological polar surface area (TPSA) is 522 Å². The molecule has 0 radical (unpaired) electrons. The lowest BCUT2D eigenvalue weighted by Crippen LogP contribution is -2.38. The number of aliphatic hydroxyl groups excluding tert-OH is 2. The quantitative estimate of drug-likeness (QED) is 0.0432. The second kappa shape index (κ2) is 22.4. The Morgan fingerprint density at radius 1 is 0.704 bits per heavy atom. The van der Waals surface area contributed by atoms with Crippen LogP contribution in [0.2, 0.25) is 5.02 Å². The van der Waals surface area contributed by atoms with Crippen LogP contribution < -0.4 is 38.4 Å². The number of fused-ring (bicyclic) bond motifs is 3. The van der Waals surface area contributed by atoms with E-state index in [0.29, 0.717) is 10.8 Å². The van der Waals surface area contributed by atoms with Crippen molar-refractivity contribution in [2.45, 2.75) is 55.6 Å². The average molecular weight is 1230 g/mol. The van der Waals surface area contributed by atoms with Crippen LogP contribution in [0.1, 0.15) is 12.5 Å². The SMILES string of the molecule is COC1C(OP(=O)(O)OCC2OC(n3cnc4c(=O)[nH]c(N)nc43)C(O)C2O)C(COP(=O)(O)OP(=O)(O)OP(=O)(O)c2ccc(-c3nc4nc(N)[nH]c(=O)c4n3CCOc3ccc(Cl)cc3)cc2)OC1n1cnc2c(N)ncnc21. The molecular formula is C40H44ClN15O21P4. The third-order valence-electron chi connectivity index (χ3n) is 12.2. The van der Waals surface area contributed by atoms with Gasteiger partial charge in [-0.25, -0.2) is 42.9 Å². The standard InChI is InChI=1S/C40H44ClN15O21P4/c1-69-29-28(75-79(63,64)71-12-21-26(57)27(58)37(73-21)56-16-48-24-34(56)51-40(44)52-35(24)59)22(74-38(29)55-15-47-23-30(42)45-14-46-33(23)55)13-72-80(65,66)77-81(67,68)76-78(61,62)20-8-2-17(3-9-20)32-49-31-25(36(60)53-39(43)50-31)54(32)10-11-70-19-6-4-18(41)5-7-19/h2-9,14-16,21-22,26-29,37-38,57-58H,10-13H2,1H3,(H,61,62)(H,63,64)(H,65,66)(H,67,68)(H2,42,45,46)(H3,43,50,53,60)(H3,44,51,52,59). The molecule has 8 aromatic rings. The summed E-state index contributed by atoms with van der Waals surface area (Å²) in [4.78, 5) is 102. The Morgan fingerprint density at radius 3 is 2.06 bits per heavy atom. The highest BCUT2D eigenvalue weighted by Crippen LogP contribution is 2.67. The fraction of sp³-hybridized carbons (Fsp3) is 0.325. The van der Waals surface area contributed by atoms with E-state index in [1.165, 1.54) is 27.6 Å². The molecule has 12 unspecified atom stereocenters. The fourth-order valence-corrected chi connectivity index (χ4v) is 13.7. The van der Waals surface area contributed by atoms with Gasteiger partial charge in [0.2, 0.25) is 11.9 Å². The van der Waals surface area contributed by atoms with Gasteiger partial charge >= 0.3 is 31.1 Å². The maximum atomic E-state index is 13.8. The summed E-state index contributed by atoms with van der Waals surface area (Å²) in [6.07, 6.45) is -9.96. The molecule has 2 aliphatic rings. The van der Waals surface area contributed by atoms with Gasteiger partial charge in [0.25, 0.3) is 11.1 Å². The fourth-order valence-electron chi connectivity index (χ4n) is 8.68. The summed E-state index contributed by atoms with van der Waals surface area (Å²) in [5, 5.41) is 21.6. The predicted octanol–water partition coefficient (Wildman–Crippen LogP) is 0.334. The van der Waals surface area contributed by atoms with Gasteiger partial charge in [-0.15, -0.1) is 0 Å². The van der Waals surface area contributed by atoms with Crippen molar-refractivity contribution in [3.05, 3.63) is 93.2 Å². The first-order chi connectivity index (χ1) is 38.3. The molecule has 12 atom stereocenters. The highest BCUT2D eigenvalue weighted by molar-refractivity contribution is 7.71. The molecule has 8 heterocycles. The third kappa shape index (κ3) is 12.1. The molecule has 2 saturated heterocycles. The number of rotatable bonds is 21. The zero-order valence-electron chi connectivity index (χ0n) is 41.0. The molecule has 0 amide bonds. The second-order valence-electron chi connectivity index (χ2n) is 17.5. The highest BCUT2D eigenvalue weighted by Gasteiger charge is 2.53. The maximum absolute atomic E-state index is 13.8. The van der Waals surface area contributed by atoms with Gasteiger partial charge in [-0.05, 0) is 36.4 Å².